The van der Waals surface area contributed by atoms with Crippen molar-refractivity contribution in [2.24, 2.45) is 0 Å². The monoisotopic (exact) mass is 389 g/mol. The summed E-state index contributed by atoms with van der Waals surface area (Å²) in [5, 5.41) is 5.37. The van der Waals surface area contributed by atoms with Gasteiger partial charge in [-0.3, -0.25) is 4.79 Å². The van der Waals surface area contributed by atoms with Crippen molar-refractivity contribution < 1.29 is 19.3 Å². The molecular formula is C21H31N3O2S+2. The van der Waals surface area contributed by atoms with E-state index in [0.29, 0.717) is 18.2 Å². The van der Waals surface area contributed by atoms with Crippen LogP contribution in [0.5, 0.6) is 5.75 Å². The van der Waals surface area contributed by atoms with Crippen molar-refractivity contribution in [3.8, 4) is 5.75 Å². The van der Waals surface area contributed by atoms with Crippen LogP contribution in [0, 0.1) is 0 Å². The molecule has 0 radical (unpaired) electrons. The van der Waals surface area contributed by atoms with E-state index in [2.05, 4.69) is 36.8 Å². The molecule has 1 fully saturated rings. The van der Waals surface area contributed by atoms with Crippen molar-refractivity contribution in [2.45, 2.75) is 25.9 Å². The molecule has 1 saturated heterocycles. The summed E-state index contributed by atoms with van der Waals surface area (Å²) >= 11 is 1.79. The van der Waals surface area contributed by atoms with Crippen molar-refractivity contribution in [1.29, 1.82) is 0 Å². The van der Waals surface area contributed by atoms with E-state index in [-0.39, 0.29) is 11.9 Å². The maximum atomic E-state index is 12.8. The number of ether oxygens (including phenoxy) is 1. The minimum atomic E-state index is -0.0220. The number of carbonyl (C=O) groups is 1. The first-order chi connectivity index (χ1) is 13.1. The van der Waals surface area contributed by atoms with Crippen molar-refractivity contribution in [3.63, 3.8) is 0 Å². The summed E-state index contributed by atoms with van der Waals surface area (Å²) in [5.41, 5.74) is 0.674. The Morgan fingerprint density at radius 3 is 2.48 bits per heavy atom. The van der Waals surface area contributed by atoms with E-state index in [0.717, 1.165) is 18.8 Å². The Kier molecular flexibility index (Phi) is 6.88. The van der Waals surface area contributed by atoms with Crippen LogP contribution in [0.15, 0.2) is 41.8 Å². The van der Waals surface area contributed by atoms with Crippen LogP contribution in [0.4, 0.5) is 0 Å². The average Bonchev–Trinajstić information content (AvgIpc) is 3.18. The normalized spacial score (nSPS) is 22.0. The molecule has 1 aromatic heterocycles. The number of benzene rings is 1. The number of carbonyl (C=O) groups excluding carboxylic acids is 1. The average molecular weight is 390 g/mol. The van der Waals surface area contributed by atoms with Gasteiger partial charge in [-0.05, 0) is 49.6 Å². The lowest BCUT2D eigenvalue weighted by Gasteiger charge is -2.36. The van der Waals surface area contributed by atoms with Gasteiger partial charge in [-0.2, -0.15) is 0 Å². The molecule has 6 heteroatoms. The highest BCUT2D eigenvalue weighted by Gasteiger charge is 2.34. The number of amides is 1. The second-order valence-electron chi connectivity index (χ2n) is 7.33. The topological polar surface area (TPSA) is 47.2 Å². The lowest BCUT2D eigenvalue weighted by Crippen LogP contribution is -3.27. The van der Waals surface area contributed by atoms with E-state index in [1.165, 1.54) is 18.0 Å². The van der Waals surface area contributed by atoms with Gasteiger partial charge in [0.25, 0.3) is 5.91 Å². The summed E-state index contributed by atoms with van der Waals surface area (Å²) < 4.78 is 5.46. The SMILES string of the molecule is CCOc1ccc(C(=O)N[C@H](C)[C@H](c2cccs2)[NH+]2CC[NH+](C)CC2)cc1. The second-order valence-corrected chi connectivity index (χ2v) is 8.31. The smallest absolute Gasteiger partial charge is 0.251 e. The predicted octanol–water partition coefficient (Wildman–Crippen LogP) is 0.420. The zero-order chi connectivity index (χ0) is 19.2. The third kappa shape index (κ3) is 5.09. The number of hydrogen-bond acceptors (Lipinski definition) is 3. The fourth-order valence-corrected chi connectivity index (χ4v) is 4.81. The number of likely N-dealkylation sites (N-methyl/N-ethyl adjacent to an activating group) is 1. The Balaban J connectivity index is 1.70. The molecule has 2 aromatic rings. The summed E-state index contributed by atoms with van der Waals surface area (Å²) in [6.07, 6.45) is 0. The number of piperazine rings is 1. The maximum absolute atomic E-state index is 12.8. The first-order valence-corrected chi connectivity index (χ1v) is 10.7. The van der Waals surface area contributed by atoms with Crippen molar-refractivity contribution >= 4 is 17.2 Å². The van der Waals surface area contributed by atoms with Crippen LogP contribution in [-0.2, 0) is 0 Å². The highest BCUT2D eigenvalue weighted by Crippen LogP contribution is 2.20. The van der Waals surface area contributed by atoms with Gasteiger partial charge in [0, 0.05) is 5.56 Å². The number of hydrogen-bond donors (Lipinski definition) is 3. The van der Waals surface area contributed by atoms with Crippen LogP contribution >= 0.6 is 11.3 Å². The van der Waals surface area contributed by atoms with Crippen LogP contribution in [0.25, 0.3) is 0 Å². The zero-order valence-corrected chi connectivity index (χ0v) is 17.3. The first kappa shape index (κ1) is 19.9. The molecule has 0 saturated carbocycles. The Hall–Kier alpha value is -1.89. The van der Waals surface area contributed by atoms with E-state index in [9.17, 15) is 4.79 Å². The second kappa shape index (κ2) is 9.35. The summed E-state index contributed by atoms with van der Waals surface area (Å²) in [5.74, 6) is 0.772. The predicted molar refractivity (Wildman–Crippen MR) is 109 cm³/mol. The Morgan fingerprint density at radius 1 is 1.19 bits per heavy atom. The van der Waals surface area contributed by atoms with Gasteiger partial charge in [0.05, 0.1) is 24.6 Å². The van der Waals surface area contributed by atoms with Gasteiger partial charge in [0.2, 0.25) is 0 Å². The number of rotatable bonds is 7. The molecule has 27 heavy (non-hydrogen) atoms. The summed E-state index contributed by atoms with van der Waals surface area (Å²) in [4.78, 5) is 17.3. The summed E-state index contributed by atoms with van der Waals surface area (Å²) in [7, 11) is 2.26. The Morgan fingerprint density at radius 2 is 1.89 bits per heavy atom. The molecule has 5 nitrogen and oxygen atoms in total. The van der Waals surface area contributed by atoms with Crippen LogP contribution < -0.4 is 19.9 Å². The third-order valence-electron chi connectivity index (χ3n) is 5.32. The highest BCUT2D eigenvalue weighted by molar-refractivity contribution is 7.10. The Bertz CT molecular complexity index is 710. The van der Waals surface area contributed by atoms with Crippen LogP contribution in [0.1, 0.15) is 35.1 Å². The van der Waals surface area contributed by atoms with Gasteiger partial charge < -0.3 is 19.9 Å². The molecule has 1 amide bonds. The van der Waals surface area contributed by atoms with E-state index in [4.69, 9.17) is 4.74 Å². The van der Waals surface area contributed by atoms with Gasteiger partial charge in [0.15, 0.2) is 0 Å². The van der Waals surface area contributed by atoms with E-state index in [1.807, 2.05) is 31.2 Å². The standard InChI is InChI=1S/C21H29N3O2S/c1-4-26-18-9-7-17(8-10-18)21(25)22-16(2)20(19-6-5-15-27-19)24-13-11-23(3)12-14-24/h5-10,15-16,20H,4,11-14H2,1-3H3,(H,22,25)/p+2/t16-,20-/m1/s1. The molecule has 3 rings (SSSR count). The summed E-state index contributed by atoms with van der Waals surface area (Å²) in [6.45, 7) is 9.34. The van der Waals surface area contributed by atoms with Crippen LogP contribution in [-0.4, -0.2) is 51.8 Å². The van der Waals surface area contributed by atoms with Crippen molar-refractivity contribution in [1.82, 2.24) is 5.32 Å². The molecule has 1 aliphatic rings. The lowest BCUT2D eigenvalue weighted by molar-refractivity contribution is -1.02. The van der Waals surface area contributed by atoms with Gasteiger partial charge in [0.1, 0.15) is 38.0 Å². The number of nitrogens with one attached hydrogen (secondary N) is 3. The van der Waals surface area contributed by atoms with Crippen molar-refractivity contribution in [2.75, 3.05) is 39.8 Å². The molecule has 1 aromatic carbocycles. The van der Waals surface area contributed by atoms with E-state index >= 15 is 0 Å². The molecule has 2 atom stereocenters. The largest absolute Gasteiger partial charge is 0.494 e. The number of thiophene rings is 1. The van der Waals surface area contributed by atoms with Gasteiger partial charge in [-0.15, -0.1) is 11.3 Å². The minimum absolute atomic E-state index is 0.0220. The third-order valence-corrected chi connectivity index (χ3v) is 6.28. The molecule has 146 valence electrons. The lowest BCUT2D eigenvalue weighted by atomic mass is 10.0. The van der Waals surface area contributed by atoms with E-state index in [1.54, 1.807) is 21.1 Å². The van der Waals surface area contributed by atoms with Gasteiger partial charge >= 0.3 is 0 Å². The van der Waals surface area contributed by atoms with Crippen LogP contribution in [0.3, 0.4) is 0 Å². The molecule has 1 aliphatic heterocycles. The first-order valence-electron chi connectivity index (χ1n) is 9.81. The van der Waals surface area contributed by atoms with Crippen molar-refractivity contribution in [3.05, 3.63) is 52.2 Å². The summed E-state index contributed by atoms with van der Waals surface area (Å²) in [6, 6.07) is 12.0. The molecule has 2 heterocycles. The fraction of sp³-hybridized carbons (Fsp3) is 0.476. The maximum Gasteiger partial charge on any atom is 0.251 e. The van der Waals surface area contributed by atoms with Gasteiger partial charge in [-0.1, -0.05) is 6.07 Å². The van der Waals surface area contributed by atoms with Crippen LogP contribution in [0.2, 0.25) is 0 Å². The van der Waals surface area contributed by atoms with Gasteiger partial charge in [-0.25, -0.2) is 0 Å². The molecule has 0 aliphatic carbocycles. The molecular weight excluding hydrogens is 358 g/mol. The zero-order valence-electron chi connectivity index (χ0n) is 16.5. The quantitative estimate of drug-likeness (QED) is 0.643. The molecule has 0 unspecified atom stereocenters. The Labute approximate surface area is 165 Å². The van der Waals surface area contributed by atoms with E-state index < -0.39 is 0 Å². The highest BCUT2D eigenvalue weighted by atomic mass is 32.1. The molecule has 3 N–H and O–H groups in total. The fourth-order valence-electron chi connectivity index (χ4n) is 3.82. The minimum Gasteiger partial charge on any atom is -0.494 e. The number of quaternary nitrogens is 2. The molecule has 0 bridgehead atoms. The molecule has 0 spiro atoms.